The highest BCUT2D eigenvalue weighted by molar-refractivity contribution is 9.09. The molecular formula is C14H14BrF2NO5S. The topological polar surface area (TPSA) is 92.7 Å². The number of ketones is 1. The van der Waals surface area contributed by atoms with Gasteiger partial charge in [-0.2, -0.15) is 0 Å². The van der Waals surface area contributed by atoms with Crippen molar-refractivity contribution in [2.24, 2.45) is 0 Å². The molecule has 0 spiro atoms. The molecule has 1 unspecified atom stereocenters. The van der Waals surface area contributed by atoms with E-state index in [-0.39, 0.29) is 11.3 Å². The van der Waals surface area contributed by atoms with Crippen LogP contribution in [-0.2, 0) is 25.2 Å². The molecule has 6 nitrogen and oxygen atoms in total. The highest BCUT2D eigenvalue weighted by atomic mass is 79.9. The second kappa shape index (κ2) is 6.67. The number of ether oxygens (including phenoxy) is 1. The molecular weight excluding hydrogens is 412 g/mol. The number of aliphatic hydroxyl groups excluding tert-OH is 1. The lowest BCUT2D eigenvalue weighted by atomic mass is 9.91. The number of benzene rings is 1. The average molecular weight is 426 g/mol. The van der Waals surface area contributed by atoms with Crippen LogP contribution in [0.4, 0.5) is 8.78 Å². The maximum Gasteiger partial charge on any atom is 0.250 e. The Balaban J connectivity index is 2.32. The van der Waals surface area contributed by atoms with Gasteiger partial charge in [0, 0.05) is 17.0 Å². The van der Waals surface area contributed by atoms with Crippen LogP contribution in [0.25, 0.3) is 0 Å². The van der Waals surface area contributed by atoms with Gasteiger partial charge in [-0.3, -0.25) is 9.52 Å². The van der Waals surface area contributed by atoms with E-state index in [1.165, 1.54) is 0 Å². The number of halogens is 3. The van der Waals surface area contributed by atoms with Gasteiger partial charge in [0.15, 0.2) is 0 Å². The first kappa shape index (κ1) is 18.7. The summed E-state index contributed by atoms with van der Waals surface area (Å²) >= 11 is 3.09. The van der Waals surface area contributed by atoms with E-state index in [1.54, 1.807) is 0 Å². The van der Waals surface area contributed by atoms with Crippen molar-refractivity contribution in [3.8, 4) is 0 Å². The third-order valence-electron chi connectivity index (χ3n) is 3.41. The van der Waals surface area contributed by atoms with E-state index in [2.05, 4.69) is 15.9 Å². The van der Waals surface area contributed by atoms with Crippen molar-refractivity contribution in [1.29, 1.82) is 0 Å². The molecule has 1 aliphatic rings. The Labute approximate surface area is 145 Å². The summed E-state index contributed by atoms with van der Waals surface area (Å²) in [6, 6.07) is 2.49. The largest absolute Gasteiger partial charge is 0.501 e. The molecule has 10 heteroatoms. The lowest BCUT2D eigenvalue weighted by Gasteiger charge is -2.24. The summed E-state index contributed by atoms with van der Waals surface area (Å²) in [5, 5.41) is 10.3. The zero-order valence-electron chi connectivity index (χ0n) is 12.5. The first-order chi connectivity index (χ1) is 11.1. The van der Waals surface area contributed by atoms with Crippen LogP contribution in [0.2, 0.25) is 0 Å². The fourth-order valence-electron chi connectivity index (χ4n) is 2.19. The predicted molar refractivity (Wildman–Crippen MR) is 84.8 cm³/mol. The van der Waals surface area contributed by atoms with Gasteiger partial charge in [0.25, 0.3) is 5.78 Å². The van der Waals surface area contributed by atoms with Crippen LogP contribution in [-0.4, -0.2) is 30.4 Å². The average Bonchev–Trinajstić information content (AvgIpc) is 2.69. The minimum Gasteiger partial charge on any atom is -0.501 e. The van der Waals surface area contributed by atoms with Gasteiger partial charge < -0.3 is 9.84 Å². The van der Waals surface area contributed by atoms with Gasteiger partial charge in [0.2, 0.25) is 27.3 Å². The van der Waals surface area contributed by atoms with Crippen LogP contribution in [0.5, 0.6) is 0 Å². The third-order valence-corrected chi connectivity index (χ3v) is 5.29. The fraction of sp³-hybridized carbons (Fsp3) is 0.357. The maximum atomic E-state index is 14.0. The number of Topliss-reactive ketones (excluding diaryl/α,β-unsaturated/α-hetero) is 1. The zero-order valence-corrected chi connectivity index (χ0v) is 14.9. The van der Waals surface area contributed by atoms with Crippen molar-refractivity contribution in [2.45, 2.75) is 18.9 Å². The normalized spacial score (nSPS) is 21.1. The van der Waals surface area contributed by atoms with Gasteiger partial charge in [-0.1, -0.05) is 15.9 Å². The summed E-state index contributed by atoms with van der Waals surface area (Å²) in [6.07, 6.45) is 0.293. The summed E-state index contributed by atoms with van der Waals surface area (Å²) in [4.78, 5) is 12.2. The van der Waals surface area contributed by atoms with Gasteiger partial charge in [-0.15, -0.1) is 0 Å². The van der Waals surface area contributed by atoms with Crippen molar-refractivity contribution < 1.29 is 31.8 Å². The molecule has 1 heterocycles. The molecule has 1 atom stereocenters. The predicted octanol–water partition coefficient (Wildman–Crippen LogP) is 2.21. The van der Waals surface area contributed by atoms with Crippen LogP contribution >= 0.6 is 15.9 Å². The minimum atomic E-state index is -3.86. The molecule has 0 aliphatic carbocycles. The van der Waals surface area contributed by atoms with Gasteiger partial charge in [-0.05, 0) is 25.5 Å². The van der Waals surface area contributed by atoms with Gasteiger partial charge in [0.1, 0.15) is 11.6 Å². The van der Waals surface area contributed by atoms with Gasteiger partial charge in [-0.25, -0.2) is 17.2 Å². The lowest BCUT2D eigenvalue weighted by molar-refractivity contribution is -0.132. The fourth-order valence-corrected chi connectivity index (χ4v) is 3.89. The Morgan fingerprint density at radius 1 is 1.38 bits per heavy atom. The Bertz CT molecular complexity index is 811. The van der Waals surface area contributed by atoms with Crippen molar-refractivity contribution in [3.05, 3.63) is 47.0 Å². The molecule has 0 fully saturated rings. The summed E-state index contributed by atoms with van der Waals surface area (Å²) < 4.78 is 57.9. The lowest BCUT2D eigenvalue weighted by Crippen LogP contribution is -2.33. The summed E-state index contributed by atoms with van der Waals surface area (Å²) in [5.41, 5.74) is -2.33. The minimum absolute atomic E-state index is 0.270. The van der Waals surface area contributed by atoms with E-state index >= 15 is 0 Å². The zero-order chi connectivity index (χ0) is 18.1. The Morgan fingerprint density at radius 3 is 2.62 bits per heavy atom. The number of hydrogen-bond acceptors (Lipinski definition) is 5. The molecule has 0 aromatic heterocycles. The van der Waals surface area contributed by atoms with Crippen LogP contribution in [0.1, 0.15) is 18.9 Å². The molecule has 0 bridgehead atoms. The van der Waals surface area contributed by atoms with Gasteiger partial charge >= 0.3 is 0 Å². The molecule has 0 radical (unpaired) electrons. The first-order valence-electron chi connectivity index (χ1n) is 6.80. The maximum absolute atomic E-state index is 14.0. The van der Waals surface area contributed by atoms with E-state index in [0.717, 1.165) is 19.1 Å². The summed E-state index contributed by atoms with van der Waals surface area (Å²) in [6.45, 7) is 1.15. The molecule has 0 saturated carbocycles. The van der Waals surface area contributed by atoms with Crippen LogP contribution in [0, 0.1) is 11.6 Å². The molecule has 1 aromatic carbocycles. The van der Waals surface area contributed by atoms with E-state index in [9.17, 15) is 27.1 Å². The van der Waals surface area contributed by atoms with Crippen molar-refractivity contribution in [3.63, 3.8) is 0 Å². The van der Waals surface area contributed by atoms with Crippen molar-refractivity contribution in [2.75, 3.05) is 11.1 Å². The van der Waals surface area contributed by atoms with Gasteiger partial charge in [0.05, 0.1) is 5.75 Å². The third kappa shape index (κ3) is 3.54. The van der Waals surface area contributed by atoms with E-state index in [1.807, 2.05) is 4.72 Å². The van der Waals surface area contributed by atoms with E-state index in [4.69, 9.17) is 4.74 Å². The summed E-state index contributed by atoms with van der Waals surface area (Å²) in [5.74, 6) is -4.86. The number of aliphatic hydroxyl groups is 1. The molecule has 2 rings (SSSR count). The first-order valence-corrected chi connectivity index (χ1v) is 9.57. The Kier molecular flexibility index (Phi) is 5.19. The molecule has 0 amide bonds. The standard InChI is InChI=1S/C14H14BrF2NO5S/c1-14(9-4-3-8(16)7-10(9)17)12(20)11(19)13(23-14)18-24(21,22)6-2-5-15/h3-4,7,18-19H,2,5-6H2,1H3. The smallest absolute Gasteiger partial charge is 0.250 e. The quantitative estimate of drug-likeness (QED) is 0.681. The highest BCUT2D eigenvalue weighted by Crippen LogP contribution is 2.38. The number of rotatable bonds is 6. The second-order valence-corrected chi connectivity index (χ2v) is 7.86. The van der Waals surface area contributed by atoms with Crippen molar-refractivity contribution in [1.82, 2.24) is 4.72 Å². The SMILES string of the molecule is CC1(c2ccc(F)cc2F)OC(NS(=O)(=O)CCCBr)=C(O)C1=O. The number of carbonyl (C=O) groups is 1. The monoisotopic (exact) mass is 425 g/mol. The molecule has 24 heavy (non-hydrogen) atoms. The summed E-state index contributed by atoms with van der Waals surface area (Å²) in [7, 11) is -3.86. The Hall–Kier alpha value is -1.68. The number of alkyl halides is 1. The molecule has 1 aromatic rings. The highest BCUT2D eigenvalue weighted by Gasteiger charge is 2.50. The van der Waals surface area contributed by atoms with E-state index < -0.39 is 44.7 Å². The number of hydrogen-bond donors (Lipinski definition) is 2. The molecule has 2 N–H and O–H groups in total. The van der Waals surface area contributed by atoms with E-state index in [0.29, 0.717) is 17.8 Å². The molecule has 132 valence electrons. The number of nitrogens with one attached hydrogen (secondary N) is 1. The van der Waals surface area contributed by atoms with Crippen LogP contribution < -0.4 is 4.72 Å². The Morgan fingerprint density at radius 2 is 2.04 bits per heavy atom. The molecule has 1 aliphatic heterocycles. The second-order valence-electron chi connectivity index (χ2n) is 5.23. The molecule has 0 saturated heterocycles. The van der Waals surface area contributed by atoms with Crippen LogP contribution in [0.15, 0.2) is 29.8 Å². The number of carbonyl (C=O) groups excluding carboxylic acids is 1. The van der Waals surface area contributed by atoms with Crippen LogP contribution in [0.3, 0.4) is 0 Å². The number of sulfonamides is 1. The van der Waals surface area contributed by atoms with Crippen molar-refractivity contribution >= 4 is 31.7 Å².